The van der Waals surface area contributed by atoms with Crippen molar-refractivity contribution in [1.29, 1.82) is 0 Å². The van der Waals surface area contributed by atoms with E-state index in [0.717, 1.165) is 5.56 Å². The van der Waals surface area contributed by atoms with Crippen molar-refractivity contribution in [3.05, 3.63) is 71.8 Å². The fraction of sp³-hybridized carbons (Fsp3) is 0.222. The monoisotopic (exact) mass is 297 g/mol. The number of carbonyl (C=O) groups is 2. The maximum atomic E-state index is 12.5. The van der Waals surface area contributed by atoms with Gasteiger partial charge in [0.2, 0.25) is 6.10 Å². The van der Waals surface area contributed by atoms with Gasteiger partial charge in [-0.1, -0.05) is 60.7 Å². The molecule has 4 nitrogen and oxygen atoms in total. The summed E-state index contributed by atoms with van der Waals surface area (Å²) < 4.78 is 5.18. The van der Waals surface area contributed by atoms with Crippen molar-refractivity contribution in [3.63, 3.8) is 0 Å². The third-order valence-corrected chi connectivity index (χ3v) is 3.28. The van der Waals surface area contributed by atoms with Gasteiger partial charge in [0, 0.05) is 12.5 Å². The summed E-state index contributed by atoms with van der Waals surface area (Å²) in [7, 11) is 0. The third-order valence-electron chi connectivity index (χ3n) is 3.28. The summed E-state index contributed by atoms with van der Waals surface area (Å²) in [6.07, 6.45) is -0.940. The van der Waals surface area contributed by atoms with Crippen LogP contribution in [0.5, 0.6) is 0 Å². The number of esters is 1. The predicted molar refractivity (Wildman–Crippen MR) is 83.9 cm³/mol. The van der Waals surface area contributed by atoms with E-state index in [1.807, 2.05) is 43.3 Å². The quantitative estimate of drug-likeness (QED) is 0.862. The Hall–Kier alpha value is -2.62. The van der Waals surface area contributed by atoms with E-state index >= 15 is 0 Å². The lowest BCUT2D eigenvalue weighted by Crippen LogP contribution is -2.33. The molecule has 4 heteroatoms. The highest BCUT2D eigenvalue weighted by molar-refractivity contribution is 5.84. The zero-order valence-electron chi connectivity index (χ0n) is 12.7. The number of carbonyl (C=O) groups excluding carboxylic acids is 2. The molecule has 0 saturated heterocycles. The van der Waals surface area contributed by atoms with Crippen LogP contribution in [-0.2, 0) is 14.3 Å². The Balaban J connectivity index is 2.14. The number of hydrogen-bond acceptors (Lipinski definition) is 3. The highest BCUT2D eigenvalue weighted by atomic mass is 16.5. The molecule has 2 atom stereocenters. The van der Waals surface area contributed by atoms with Crippen molar-refractivity contribution in [2.45, 2.75) is 26.0 Å². The zero-order valence-corrected chi connectivity index (χ0v) is 12.7. The minimum absolute atomic E-state index is 0.171. The van der Waals surface area contributed by atoms with Crippen molar-refractivity contribution < 1.29 is 14.3 Å². The molecule has 0 saturated carbocycles. The summed E-state index contributed by atoms with van der Waals surface area (Å²) in [4.78, 5) is 23.8. The number of ether oxygens (including phenoxy) is 1. The molecule has 0 aromatic heterocycles. The summed E-state index contributed by atoms with van der Waals surface area (Å²) in [5.74, 6) is -0.825. The molecule has 0 fully saturated rings. The highest BCUT2D eigenvalue weighted by Crippen LogP contribution is 2.20. The molecule has 0 aliphatic rings. The summed E-state index contributed by atoms with van der Waals surface area (Å²) >= 11 is 0. The van der Waals surface area contributed by atoms with Crippen molar-refractivity contribution in [1.82, 2.24) is 5.32 Å². The number of hydrogen-bond donors (Lipinski definition) is 1. The van der Waals surface area contributed by atoms with Gasteiger partial charge in [0.05, 0.1) is 6.04 Å². The van der Waals surface area contributed by atoms with E-state index in [4.69, 9.17) is 4.74 Å². The molecule has 0 bridgehead atoms. The summed E-state index contributed by atoms with van der Waals surface area (Å²) in [6, 6.07) is 18.4. The van der Waals surface area contributed by atoms with Gasteiger partial charge in [-0.05, 0) is 12.5 Å². The summed E-state index contributed by atoms with van der Waals surface area (Å²) in [6.45, 7) is 3.19. The fourth-order valence-electron chi connectivity index (χ4n) is 2.18. The van der Waals surface area contributed by atoms with Crippen LogP contribution in [0.2, 0.25) is 0 Å². The lowest BCUT2D eigenvalue weighted by Gasteiger charge is -2.20. The first-order valence-electron chi connectivity index (χ1n) is 7.15. The molecule has 2 aromatic rings. The highest BCUT2D eigenvalue weighted by Gasteiger charge is 2.25. The van der Waals surface area contributed by atoms with E-state index in [0.29, 0.717) is 5.56 Å². The third kappa shape index (κ3) is 4.19. The van der Waals surface area contributed by atoms with Gasteiger partial charge >= 0.3 is 5.97 Å². The lowest BCUT2D eigenvalue weighted by atomic mass is 10.1. The second-order valence-electron chi connectivity index (χ2n) is 5.04. The topological polar surface area (TPSA) is 55.4 Å². The molecule has 2 rings (SSSR count). The molecule has 1 N–H and O–H groups in total. The van der Waals surface area contributed by atoms with Gasteiger partial charge < -0.3 is 10.1 Å². The van der Waals surface area contributed by atoms with E-state index < -0.39 is 12.1 Å². The molecule has 0 heterocycles. The van der Waals surface area contributed by atoms with Gasteiger partial charge in [0.15, 0.2) is 0 Å². The molecule has 22 heavy (non-hydrogen) atoms. The molecule has 114 valence electrons. The normalized spacial score (nSPS) is 13.0. The number of benzene rings is 2. The van der Waals surface area contributed by atoms with E-state index in [1.165, 1.54) is 6.92 Å². The molecule has 0 aliphatic heterocycles. The van der Waals surface area contributed by atoms with Crippen LogP contribution < -0.4 is 5.32 Å². The maximum absolute atomic E-state index is 12.5. The van der Waals surface area contributed by atoms with Gasteiger partial charge in [-0.3, -0.25) is 9.59 Å². The van der Waals surface area contributed by atoms with Gasteiger partial charge in [-0.25, -0.2) is 0 Å². The molecular weight excluding hydrogens is 278 g/mol. The van der Waals surface area contributed by atoms with Crippen LogP contribution >= 0.6 is 0 Å². The first-order chi connectivity index (χ1) is 10.6. The van der Waals surface area contributed by atoms with Gasteiger partial charge in [-0.15, -0.1) is 0 Å². The van der Waals surface area contributed by atoms with Crippen molar-refractivity contribution in [3.8, 4) is 0 Å². The van der Waals surface area contributed by atoms with Gasteiger partial charge in [0.25, 0.3) is 5.91 Å². The van der Waals surface area contributed by atoms with Crippen molar-refractivity contribution in [2.24, 2.45) is 0 Å². The maximum Gasteiger partial charge on any atom is 0.303 e. The zero-order chi connectivity index (χ0) is 15.9. The Morgan fingerprint density at radius 1 is 0.909 bits per heavy atom. The predicted octanol–water partition coefficient (Wildman–Crippen LogP) is 3.17. The Bertz CT molecular complexity index is 625. The average molecular weight is 297 g/mol. The molecule has 0 radical (unpaired) electrons. The van der Waals surface area contributed by atoms with Crippen molar-refractivity contribution in [2.75, 3.05) is 0 Å². The minimum Gasteiger partial charge on any atom is -0.447 e. The summed E-state index contributed by atoms with van der Waals surface area (Å²) in [5.41, 5.74) is 1.64. The molecule has 0 spiro atoms. The van der Waals surface area contributed by atoms with Crippen LogP contribution in [-0.4, -0.2) is 11.9 Å². The van der Waals surface area contributed by atoms with Crippen LogP contribution in [0.1, 0.15) is 37.1 Å². The Kier molecular flexibility index (Phi) is 5.31. The number of nitrogens with one attached hydrogen (secondary N) is 1. The smallest absolute Gasteiger partial charge is 0.303 e. The molecule has 0 unspecified atom stereocenters. The van der Waals surface area contributed by atoms with Crippen LogP contribution in [0.4, 0.5) is 0 Å². The van der Waals surface area contributed by atoms with E-state index in [9.17, 15) is 9.59 Å². The lowest BCUT2D eigenvalue weighted by molar-refractivity contribution is -0.154. The number of amides is 1. The Labute approximate surface area is 130 Å². The van der Waals surface area contributed by atoms with E-state index in [2.05, 4.69) is 5.32 Å². The van der Waals surface area contributed by atoms with Crippen LogP contribution in [0.15, 0.2) is 60.7 Å². The standard InChI is InChI=1S/C18H19NO3/c1-13(15-9-5-3-6-10-15)19-18(21)17(22-14(2)20)16-11-7-4-8-12-16/h3-13,17H,1-2H3,(H,19,21)/t13-,17-/m1/s1. The first kappa shape index (κ1) is 15.8. The largest absolute Gasteiger partial charge is 0.447 e. The molecule has 2 aromatic carbocycles. The van der Waals surface area contributed by atoms with Crippen LogP contribution in [0.3, 0.4) is 0 Å². The minimum atomic E-state index is -0.940. The van der Waals surface area contributed by atoms with E-state index in [-0.39, 0.29) is 11.9 Å². The van der Waals surface area contributed by atoms with Crippen LogP contribution in [0.25, 0.3) is 0 Å². The van der Waals surface area contributed by atoms with Crippen molar-refractivity contribution >= 4 is 11.9 Å². The summed E-state index contributed by atoms with van der Waals surface area (Å²) in [5, 5.41) is 2.88. The average Bonchev–Trinajstić information content (AvgIpc) is 2.54. The molecule has 0 aliphatic carbocycles. The van der Waals surface area contributed by atoms with Crippen LogP contribution in [0, 0.1) is 0 Å². The first-order valence-corrected chi connectivity index (χ1v) is 7.15. The Morgan fingerprint density at radius 3 is 1.91 bits per heavy atom. The Morgan fingerprint density at radius 2 is 1.41 bits per heavy atom. The molecule has 1 amide bonds. The second kappa shape index (κ2) is 7.41. The van der Waals surface area contributed by atoms with Gasteiger partial charge in [0.1, 0.15) is 0 Å². The number of rotatable bonds is 5. The fourth-order valence-corrected chi connectivity index (χ4v) is 2.18. The second-order valence-corrected chi connectivity index (χ2v) is 5.04. The van der Waals surface area contributed by atoms with Gasteiger partial charge in [-0.2, -0.15) is 0 Å². The SMILES string of the molecule is CC(=O)O[C@@H](C(=O)N[C@H](C)c1ccccc1)c1ccccc1. The molecular formula is C18H19NO3. The van der Waals surface area contributed by atoms with E-state index in [1.54, 1.807) is 24.3 Å².